The molecule has 2 amide bonds. The summed E-state index contributed by atoms with van der Waals surface area (Å²) in [6, 6.07) is -0.168. The third kappa shape index (κ3) is 3.37. The maximum atomic E-state index is 12.5. The van der Waals surface area contributed by atoms with Gasteiger partial charge in [-0.15, -0.1) is 0 Å². The van der Waals surface area contributed by atoms with Crippen molar-refractivity contribution >= 4 is 12.0 Å². The molecule has 0 aliphatic carbocycles. The van der Waals surface area contributed by atoms with E-state index >= 15 is 0 Å². The van der Waals surface area contributed by atoms with Gasteiger partial charge >= 0.3 is 12.0 Å². The number of carboxylic acids is 1. The molecule has 2 fully saturated rings. The Labute approximate surface area is 113 Å². The van der Waals surface area contributed by atoms with Gasteiger partial charge < -0.3 is 19.6 Å². The van der Waals surface area contributed by atoms with E-state index in [0.29, 0.717) is 13.1 Å². The molecule has 6 heteroatoms. The number of aliphatic carboxylic acids is 1. The van der Waals surface area contributed by atoms with Gasteiger partial charge in [-0.1, -0.05) is 0 Å². The number of carbonyl (C=O) groups is 2. The van der Waals surface area contributed by atoms with E-state index in [1.807, 2.05) is 0 Å². The topological polar surface area (TPSA) is 70.1 Å². The van der Waals surface area contributed by atoms with E-state index in [4.69, 9.17) is 9.84 Å². The molecule has 108 valence electrons. The Morgan fingerprint density at radius 2 is 2.00 bits per heavy atom. The SMILES string of the molecule is COC1CCCN(C(=O)N2CCCC2CC(=O)O)C1. The summed E-state index contributed by atoms with van der Waals surface area (Å²) < 4.78 is 5.32. The third-order valence-corrected chi connectivity index (χ3v) is 4.02. The van der Waals surface area contributed by atoms with Crippen molar-refractivity contribution in [2.24, 2.45) is 0 Å². The Balaban J connectivity index is 1.96. The van der Waals surface area contributed by atoms with Crippen molar-refractivity contribution in [1.29, 1.82) is 0 Å². The van der Waals surface area contributed by atoms with Crippen LogP contribution >= 0.6 is 0 Å². The van der Waals surface area contributed by atoms with E-state index < -0.39 is 5.97 Å². The Morgan fingerprint density at radius 1 is 1.26 bits per heavy atom. The fourth-order valence-electron chi connectivity index (χ4n) is 2.99. The highest BCUT2D eigenvalue weighted by Gasteiger charge is 2.34. The van der Waals surface area contributed by atoms with E-state index in [0.717, 1.165) is 32.2 Å². The standard InChI is InChI=1S/C13H22N2O4/c1-19-11-5-3-6-14(9-11)13(18)15-7-2-4-10(15)8-12(16)17/h10-11H,2-9H2,1H3,(H,16,17). The number of ether oxygens (including phenoxy) is 1. The number of rotatable bonds is 3. The predicted octanol–water partition coefficient (Wildman–Crippen LogP) is 1.16. The van der Waals surface area contributed by atoms with Gasteiger partial charge in [0, 0.05) is 32.8 Å². The number of carboxylic acid groups (broad SMARTS) is 1. The van der Waals surface area contributed by atoms with Crippen LogP contribution in [0.4, 0.5) is 4.79 Å². The monoisotopic (exact) mass is 270 g/mol. The lowest BCUT2D eigenvalue weighted by Gasteiger charge is -2.36. The van der Waals surface area contributed by atoms with Gasteiger partial charge in [0.1, 0.15) is 0 Å². The molecule has 2 rings (SSSR count). The van der Waals surface area contributed by atoms with Gasteiger partial charge in [-0.05, 0) is 25.7 Å². The first-order valence-corrected chi connectivity index (χ1v) is 6.92. The van der Waals surface area contributed by atoms with Crippen LogP contribution in [0, 0.1) is 0 Å². The van der Waals surface area contributed by atoms with Gasteiger partial charge in [0.25, 0.3) is 0 Å². The van der Waals surface area contributed by atoms with E-state index in [1.54, 1.807) is 16.9 Å². The van der Waals surface area contributed by atoms with Gasteiger partial charge in [0.2, 0.25) is 0 Å². The van der Waals surface area contributed by atoms with E-state index in [9.17, 15) is 9.59 Å². The van der Waals surface area contributed by atoms with Crippen LogP contribution in [0.2, 0.25) is 0 Å². The fourth-order valence-corrected chi connectivity index (χ4v) is 2.99. The van der Waals surface area contributed by atoms with Crippen molar-refractivity contribution in [1.82, 2.24) is 9.80 Å². The lowest BCUT2D eigenvalue weighted by atomic mass is 10.1. The minimum absolute atomic E-state index is 0.0227. The van der Waals surface area contributed by atoms with Gasteiger partial charge in [-0.25, -0.2) is 4.79 Å². The Kier molecular flexibility index (Phi) is 4.63. The van der Waals surface area contributed by atoms with Gasteiger partial charge in [-0.3, -0.25) is 4.79 Å². The summed E-state index contributed by atoms with van der Waals surface area (Å²) >= 11 is 0. The number of nitrogens with zero attached hydrogens (tertiary/aromatic N) is 2. The summed E-state index contributed by atoms with van der Waals surface area (Å²) in [6.07, 6.45) is 3.77. The maximum absolute atomic E-state index is 12.5. The molecule has 2 aliphatic heterocycles. The highest BCUT2D eigenvalue weighted by atomic mass is 16.5. The van der Waals surface area contributed by atoms with Crippen LogP contribution in [-0.4, -0.2) is 65.8 Å². The van der Waals surface area contributed by atoms with Crippen molar-refractivity contribution in [3.05, 3.63) is 0 Å². The highest BCUT2D eigenvalue weighted by Crippen LogP contribution is 2.23. The zero-order valence-electron chi connectivity index (χ0n) is 11.4. The summed E-state index contributed by atoms with van der Waals surface area (Å²) in [5, 5.41) is 8.89. The number of amides is 2. The second kappa shape index (κ2) is 6.23. The molecule has 0 saturated carbocycles. The van der Waals surface area contributed by atoms with Crippen LogP contribution in [0.15, 0.2) is 0 Å². The van der Waals surface area contributed by atoms with E-state index in [-0.39, 0.29) is 24.6 Å². The van der Waals surface area contributed by atoms with Crippen molar-refractivity contribution in [3.63, 3.8) is 0 Å². The lowest BCUT2D eigenvalue weighted by Crippen LogP contribution is -2.50. The normalized spacial score (nSPS) is 27.6. The molecule has 0 radical (unpaired) electrons. The molecule has 2 saturated heterocycles. The number of hydrogen-bond donors (Lipinski definition) is 1. The molecule has 0 aromatic carbocycles. The molecule has 6 nitrogen and oxygen atoms in total. The van der Waals surface area contributed by atoms with Crippen LogP contribution in [0.3, 0.4) is 0 Å². The highest BCUT2D eigenvalue weighted by molar-refractivity contribution is 5.76. The lowest BCUT2D eigenvalue weighted by molar-refractivity contribution is -0.138. The number of hydrogen-bond acceptors (Lipinski definition) is 3. The maximum Gasteiger partial charge on any atom is 0.320 e. The van der Waals surface area contributed by atoms with Crippen LogP contribution in [0.25, 0.3) is 0 Å². The number of likely N-dealkylation sites (tertiary alicyclic amines) is 2. The second-order valence-electron chi connectivity index (χ2n) is 5.32. The zero-order valence-corrected chi connectivity index (χ0v) is 11.4. The molecule has 19 heavy (non-hydrogen) atoms. The molecule has 2 unspecified atom stereocenters. The number of methoxy groups -OCH3 is 1. The molecule has 2 aliphatic rings. The van der Waals surface area contributed by atoms with Crippen molar-refractivity contribution in [2.45, 2.75) is 44.2 Å². The van der Waals surface area contributed by atoms with Crippen LogP contribution in [-0.2, 0) is 9.53 Å². The average molecular weight is 270 g/mol. The number of piperidine rings is 1. The van der Waals surface area contributed by atoms with Crippen LogP contribution in [0.1, 0.15) is 32.1 Å². The van der Waals surface area contributed by atoms with Crippen molar-refractivity contribution in [2.75, 3.05) is 26.7 Å². The molecular formula is C13H22N2O4. The summed E-state index contributed by atoms with van der Waals surface area (Å²) in [5.74, 6) is -0.835. The minimum atomic E-state index is -0.835. The van der Waals surface area contributed by atoms with E-state index in [2.05, 4.69) is 0 Å². The second-order valence-corrected chi connectivity index (χ2v) is 5.32. The molecule has 2 heterocycles. The third-order valence-electron chi connectivity index (χ3n) is 4.02. The quantitative estimate of drug-likeness (QED) is 0.835. The summed E-state index contributed by atoms with van der Waals surface area (Å²) in [7, 11) is 1.67. The molecule has 0 aromatic heterocycles. The Bertz CT molecular complexity index is 348. The van der Waals surface area contributed by atoms with Crippen molar-refractivity contribution in [3.8, 4) is 0 Å². The average Bonchev–Trinajstić information content (AvgIpc) is 2.85. The first kappa shape index (κ1) is 14.1. The van der Waals surface area contributed by atoms with Crippen molar-refractivity contribution < 1.29 is 19.4 Å². The fraction of sp³-hybridized carbons (Fsp3) is 0.846. The van der Waals surface area contributed by atoms with E-state index in [1.165, 1.54) is 0 Å². The molecule has 0 bridgehead atoms. The summed E-state index contributed by atoms with van der Waals surface area (Å²) in [5.41, 5.74) is 0. The first-order chi connectivity index (χ1) is 9.11. The van der Waals surface area contributed by atoms with Gasteiger partial charge in [0.15, 0.2) is 0 Å². The molecule has 0 spiro atoms. The largest absolute Gasteiger partial charge is 0.481 e. The van der Waals surface area contributed by atoms with Crippen LogP contribution < -0.4 is 0 Å². The number of urea groups is 1. The van der Waals surface area contributed by atoms with Gasteiger partial charge in [-0.2, -0.15) is 0 Å². The van der Waals surface area contributed by atoms with Crippen LogP contribution in [0.5, 0.6) is 0 Å². The molecule has 1 N–H and O–H groups in total. The molecule has 2 atom stereocenters. The smallest absolute Gasteiger partial charge is 0.320 e. The first-order valence-electron chi connectivity index (χ1n) is 6.92. The number of carbonyl (C=O) groups excluding carboxylic acids is 1. The Morgan fingerprint density at radius 3 is 2.68 bits per heavy atom. The predicted molar refractivity (Wildman–Crippen MR) is 69.0 cm³/mol. The summed E-state index contributed by atoms with van der Waals surface area (Å²) in [4.78, 5) is 26.8. The minimum Gasteiger partial charge on any atom is -0.481 e. The van der Waals surface area contributed by atoms with Gasteiger partial charge in [0.05, 0.1) is 12.5 Å². The molecule has 0 aromatic rings. The summed E-state index contributed by atoms with van der Waals surface area (Å²) in [6.45, 7) is 2.03. The molecular weight excluding hydrogens is 248 g/mol. The Hall–Kier alpha value is -1.30. The zero-order chi connectivity index (χ0) is 13.8.